The topological polar surface area (TPSA) is 108 Å². The number of benzene rings is 2. The number of nitrogens with two attached hydrogens (primary N) is 1. The number of ether oxygens (including phenoxy) is 1. The molecule has 4 aromatic rings. The predicted molar refractivity (Wildman–Crippen MR) is 124 cm³/mol. The van der Waals surface area contributed by atoms with Crippen LogP contribution in [0.25, 0.3) is 22.6 Å². The van der Waals surface area contributed by atoms with Gasteiger partial charge in [0.15, 0.2) is 11.0 Å². The van der Waals surface area contributed by atoms with Gasteiger partial charge in [0.1, 0.15) is 5.75 Å². The minimum Gasteiger partial charge on any atom is -0.497 e. The molecule has 0 aliphatic heterocycles. The van der Waals surface area contributed by atoms with Crippen molar-refractivity contribution in [3.63, 3.8) is 0 Å². The van der Waals surface area contributed by atoms with E-state index in [2.05, 4.69) is 20.5 Å². The van der Waals surface area contributed by atoms with Crippen LogP contribution in [0.2, 0.25) is 5.02 Å². The zero-order chi connectivity index (χ0) is 21.8. The summed E-state index contributed by atoms with van der Waals surface area (Å²) in [7, 11) is 1.62. The Balaban J connectivity index is 1.37. The molecule has 0 aliphatic carbocycles. The fourth-order valence-corrected chi connectivity index (χ4v) is 4.33. The fourth-order valence-electron chi connectivity index (χ4n) is 2.71. The van der Waals surface area contributed by atoms with Crippen molar-refractivity contribution in [1.29, 1.82) is 0 Å². The van der Waals surface area contributed by atoms with Crippen molar-refractivity contribution in [3.8, 4) is 28.4 Å². The van der Waals surface area contributed by atoms with Crippen molar-refractivity contribution < 1.29 is 9.53 Å². The molecule has 0 bridgehead atoms. The van der Waals surface area contributed by atoms with Crippen LogP contribution in [0.4, 0.5) is 5.13 Å². The third-order valence-electron chi connectivity index (χ3n) is 4.25. The maximum atomic E-state index is 12.4. The first kappa shape index (κ1) is 21.2. The molecule has 0 fully saturated rings. The number of thiazole rings is 1. The number of aromatic nitrogens is 4. The van der Waals surface area contributed by atoms with E-state index in [0.717, 1.165) is 17.0 Å². The Morgan fingerprint density at radius 1 is 1.23 bits per heavy atom. The molecule has 158 valence electrons. The number of nitrogens with zero attached hydrogens (tertiary/aromatic N) is 4. The van der Waals surface area contributed by atoms with Gasteiger partial charge in [-0.15, -0.1) is 21.5 Å². The molecular weight excluding hydrogens is 456 g/mol. The van der Waals surface area contributed by atoms with Gasteiger partial charge in [-0.1, -0.05) is 35.5 Å². The zero-order valence-electron chi connectivity index (χ0n) is 16.3. The fraction of sp³-hybridized carbons (Fsp3) is 0.100. The highest BCUT2D eigenvalue weighted by Crippen LogP contribution is 2.28. The smallest absolute Gasteiger partial charge is 0.236 e. The van der Waals surface area contributed by atoms with E-state index < -0.39 is 0 Å². The monoisotopic (exact) mass is 472 g/mol. The summed E-state index contributed by atoms with van der Waals surface area (Å²) in [6.45, 7) is 0. The molecule has 0 unspecified atom stereocenters. The lowest BCUT2D eigenvalue weighted by molar-refractivity contribution is -0.113. The number of thioether (sulfide) groups is 1. The van der Waals surface area contributed by atoms with Crippen LogP contribution < -0.4 is 15.9 Å². The number of carbonyl (C=O) groups excluding carboxylic acids is 1. The first-order chi connectivity index (χ1) is 15.0. The lowest BCUT2D eigenvalue weighted by Gasteiger charge is -2.05. The van der Waals surface area contributed by atoms with E-state index >= 15 is 0 Å². The Bertz CT molecular complexity index is 1210. The van der Waals surface area contributed by atoms with E-state index in [9.17, 15) is 4.79 Å². The minimum absolute atomic E-state index is 0.106. The molecule has 2 heterocycles. The molecule has 4 rings (SSSR count). The molecule has 31 heavy (non-hydrogen) atoms. The molecular formula is C20H17ClN6O2S2. The van der Waals surface area contributed by atoms with Gasteiger partial charge in [-0.05, 0) is 36.4 Å². The van der Waals surface area contributed by atoms with Crippen LogP contribution in [-0.2, 0) is 4.79 Å². The minimum atomic E-state index is -0.220. The number of nitrogen functional groups attached to an aromatic ring is 1. The zero-order valence-corrected chi connectivity index (χ0v) is 18.7. The number of amides is 1. The predicted octanol–water partition coefficient (Wildman–Crippen LogP) is 4.18. The molecule has 3 N–H and O–H groups in total. The summed E-state index contributed by atoms with van der Waals surface area (Å²) in [6, 6.07) is 14.8. The molecule has 0 saturated heterocycles. The Morgan fingerprint density at radius 2 is 2.00 bits per heavy atom. The lowest BCUT2D eigenvalue weighted by Crippen LogP contribution is -2.16. The van der Waals surface area contributed by atoms with Crippen molar-refractivity contribution >= 4 is 45.7 Å². The standard InChI is InChI=1S/C20H17ClN6O2S2/c1-29-13-8-6-12(7-9-13)16-10-30-19(23-16)24-17(28)11-31-20-26-25-18(27(20)22)14-4-2-3-5-15(14)21/h2-10H,11,22H2,1H3,(H,23,24,28). The third kappa shape index (κ3) is 4.82. The van der Waals surface area contributed by atoms with E-state index in [1.165, 1.54) is 27.8 Å². The quantitative estimate of drug-likeness (QED) is 0.307. The third-order valence-corrected chi connectivity index (χ3v) is 6.28. The number of nitrogens with one attached hydrogen (secondary N) is 1. The van der Waals surface area contributed by atoms with Crippen molar-refractivity contribution in [1.82, 2.24) is 19.9 Å². The summed E-state index contributed by atoms with van der Waals surface area (Å²) in [4.78, 5) is 16.8. The van der Waals surface area contributed by atoms with Gasteiger partial charge in [0.25, 0.3) is 0 Å². The van der Waals surface area contributed by atoms with Gasteiger partial charge in [-0.25, -0.2) is 9.66 Å². The van der Waals surface area contributed by atoms with Crippen LogP contribution in [0.3, 0.4) is 0 Å². The van der Waals surface area contributed by atoms with Crippen molar-refractivity contribution in [2.45, 2.75) is 5.16 Å². The number of carbonyl (C=O) groups is 1. The van der Waals surface area contributed by atoms with Crippen LogP contribution in [-0.4, -0.2) is 38.6 Å². The molecule has 0 radical (unpaired) electrons. The van der Waals surface area contributed by atoms with E-state index in [-0.39, 0.29) is 11.7 Å². The first-order valence-corrected chi connectivity index (χ1v) is 11.3. The number of anilines is 1. The Morgan fingerprint density at radius 3 is 2.74 bits per heavy atom. The van der Waals surface area contributed by atoms with E-state index in [1.54, 1.807) is 19.2 Å². The molecule has 0 aliphatic rings. The van der Waals surface area contributed by atoms with Crippen LogP contribution >= 0.6 is 34.7 Å². The summed E-state index contributed by atoms with van der Waals surface area (Å²) >= 11 is 8.73. The normalized spacial score (nSPS) is 10.8. The van der Waals surface area contributed by atoms with E-state index in [1.807, 2.05) is 41.8 Å². The number of rotatable bonds is 7. The largest absolute Gasteiger partial charge is 0.497 e. The number of methoxy groups -OCH3 is 1. The highest BCUT2D eigenvalue weighted by atomic mass is 35.5. The van der Waals surface area contributed by atoms with Gasteiger partial charge in [0.2, 0.25) is 11.1 Å². The van der Waals surface area contributed by atoms with Gasteiger partial charge >= 0.3 is 0 Å². The number of hydrogen-bond donors (Lipinski definition) is 2. The van der Waals surface area contributed by atoms with Gasteiger partial charge in [0.05, 0.1) is 23.6 Å². The summed E-state index contributed by atoms with van der Waals surface area (Å²) in [6.07, 6.45) is 0. The summed E-state index contributed by atoms with van der Waals surface area (Å²) < 4.78 is 6.49. The van der Waals surface area contributed by atoms with Crippen LogP contribution in [0.5, 0.6) is 5.75 Å². The summed E-state index contributed by atoms with van der Waals surface area (Å²) in [5, 5.41) is 14.3. The average Bonchev–Trinajstić information content (AvgIpc) is 3.39. The van der Waals surface area contributed by atoms with Gasteiger partial charge in [0, 0.05) is 16.5 Å². The van der Waals surface area contributed by atoms with Gasteiger partial charge in [-0.3, -0.25) is 4.79 Å². The SMILES string of the molecule is COc1ccc(-c2csc(NC(=O)CSc3nnc(-c4ccccc4Cl)n3N)n2)cc1. The summed E-state index contributed by atoms with van der Waals surface area (Å²) in [5.74, 6) is 7.18. The molecule has 11 heteroatoms. The number of halogens is 1. The van der Waals surface area contributed by atoms with Gasteiger partial charge in [-0.2, -0.15) is 0 Å². The lowest BCUT2D eigenvalue weighted by atomic mass is 10.2. The second-order valence-electron chi connectivity index (χ2n) is 6.26. The molecule has 2 aromatic heterocycles. The second-order valence-corrected chi connectivity index (χ2v) is 8.47. The highest BCUT2D eigenvalue weighted by molar-refractivity contribution is 7.99. The highest BCUT2D eigenvalue weighted by Gasteiger charge is 2.16. The Kier molecular flexibility index (Phi) is 6.40. The molecule has 0 atom stereocenters. The van der Waals surface area contributed by atoms with Crippen molar-refractivity contribution in [3.05, 3.63) is 58.9 Å². The van der Waals surface area contributed by atoms with Gasteiger partial charge < -0.3 is 15.9 Å². The van der Waals surface area contributed by atoms with E-state index in [0.29, 0.717) is 26.7 Å². The Labute approximate surface area is 191 Å². The second kappa shape index (κ2) is 9.38. The van der Waals surface area contributed by atoms with Crippen molar-refractivity contribution in [2.75, 3.05) is 24.0 Å². The first-order valence-electron chi connectivity index (χ1n) is 9.03. The summed E-state index contributed by atoms with van der Waals surface area (Å²) in [5.41, 5.74) is 2.39. The molecule has 1 amide bonds. The van der Waals surface area contributed by atoms with Crippen LogP contribution in [0.1, 0.15) is 0 Å². The van der Waals surface area contributed by atoms with Crippen LogP contribution in [0, 0.1) is 0 Å². The molecule has 8 nitrogen and oxygen atoms in total. The maximum absolute atomic E-state index is 12.4. The Hall–Kier alpha value is -3.08. The van der Waals surface area contributed by atoms with E-state index in [4.69, 9.17) is 22.2 Å². The van der Waals surface area contributed by atoms with Crippen molar-refractivity contribution in [2.24, 2.45) is 0 Å². The maximum Gasteiger partial charge on any atom is 0.236 e. The molecule has 2 aromatic carbocycles. The molecule has 0 spiro atoms. The average molecular weight is 473 g/mol. The number of hydrogen-bond acceptors (Lipinski definition) is 8. The van der Waals surface area contributed by atoms with Crippen LogP contribution in [0.15, 0.2) is 59.1 Å². The molecule has 0 saturated carbocycles.